The van der Waals surface area contributed by atoms with E-state index in [-0.39, 0.29) is 17.1 Å². The molecule has 0 fully saturated rings. The zero-order chi connectivity index (χ0) is 18.3. The van der Waals surface area contributed by atoms with Gasteiger partial charge in [0.2, 0.25) is 0 Å². The molecule has 0 radical (unpaired) electrons. The van der Waals surface area contributed by atoms with E-state index in [0.717, 1.165) is 18.6 Å². The van der Waals surface area contributed by atoms with Gasteiger partial charge in [0.15, 0.2) is 17.6 Å². The van der Waals surface area contributed by atoms with E-state index < -0.39 is 28.6 Å². The Labute approximate surface area is 139 Å². The first kappa shape index (κ1) is 19.2. The molecule has 0 aliphatic rings. The minimum atomic E-state index is -1.09. The first-order chi connectivity index (χ1) is 11.3. The van der Waals surface area contributed by atoms with Crippen molar-refractivity contribution in [2.75, 3.05) is 20.8 Å². The van der Waals surface area contributed by atoms with E-state index >= 15 is 0 Å². The monoisotopic (exact) mass is 340 g/mol. The normalized spacial score (nSPS) is 11.3. The molecule has 9 heteroatoms. The fraction of sp³-hybridized carbons (Fsp3) is 0.467. The largest absolute Gasteiger partial charge is 0.493 e. The summed E-state index contributed by atoms with van der Waals surface area (Å²) in [5, 5.41) is 13.7. The number of rotatable bonds is 8. The summed E-state index contributed by atoms with van der Waals surface area (Å²) in [6, 6.07) is 2.22. The van der Waals surface area contributed by atoms with Gasteiger partial charge >= 0.3 is 5.97 Å². The number of nitrogens with zero attached hydrogens (tertiary/aromatic N) is 1. The molecular weight excluding hydrogens is 320 g/mol. The van der Waals surface area contributed by atoms with Crippen LogP contribution in [0.5, 0.6) is 11.5 Å². The first-order valence-electron chi connectivity index (χ1n) is 7.24. The van der Waals surface area contributed by atoms with Crippen LogP contribution >= 0.6 is 0 Å². The van der Waals surface area contributed by atoms with Gasteiger partial charge in [-0.25, -0.2) is 4.79 Å². The van der Waals surface area contributed by atoms with Crippen molar-refractivity contribution < 1.29 is 28.7 Å². The Hall–Kier alpha value is -2.84. The summed E-state index contributed by atoms with van der Waals surface area (Å²) in [5.41, 5.74) is -0.827. The molecule has 0 saturated heterocycles. The molecule has 1 N–H and O–H groups in total. The van der Waals surface area contributed by atoms with Crippen LogP contribution in [0, 0.1) is 10.1 Å². The highest BCUT2D eigenvalue weighted by molar-refractivity contribution is 5.96. The van der Waals surface area contributed by atoms with Gasteiger partial charge in [-0.15, -0.1) is 0 Å². The molecule has 0 bridgehead atoms. The van der Waals surface area contributed by atoms with E-state index in [0.29, 0.717) is 6.54 Å². The van der Waals surface area contributed by atoms with E-state index in [9.17, 15) is 19.7 Å². The molecule has 0 aliphatic heterocycles. The number of carbonyl (C=O) groups excluding carboxylic acids is 2. The minimum Gasteiger partial charge on any atom is -0.493 e. The molecule has 1 rings (SSSR count). The number of nitro groups is 1. The molecule has 24 heavy (non-hydrogen) atoms. The Morgan fingerprint density at radius 3 is 2.33 bits per heavy atom. The molecule has 1 atom stereocenters. The van der Waals surface area contributed by atoms with Gasteiger partial charge in [-0.3, -0.25) is 14.9 Å². The van der Waals surface area contributed by atoms with E-state index in [2.05, 4.69) is 5.32 Å². The number of carbonyl (C=O) groups is 2. The Morgan fingerprint density at radius 1 is 1.25 bits per heavy atom. The van der Waals surface area contributed by atoms with Crippen LogP contribution in [0.25, 0.3) is 0 Å². The smallest absolute Gasteiger partial charge is 0.346 e. The number of methoxy groups -OCH3 is 2. The number of esters is 1. The summed E-state index contributed by atoms with van der Waals surface area (Å²) >= 11 is 0. The van der Waals surface area contributed by atoms with Crippen LogP contribution in [0.3, 0.4) is 0 Å². The van der Waals surface area contributed by atoms with E-state index in [1.165, 1.54) is 21.1 Å². The van der Waals surface area contributed by atoms with E-state index in [1.807, 2.05) is 6.92 Å². The van der Waals surface area contributed by atoms with E-state index in [1.54, 1.807) is 0 Å². The molecule has 0 heterocycles. The fourth-order valence-corrected chi connectivity index (χ4v) is 1.85. The van der Waals surface area contributed by atoms with Crippen molar-refractivity contribution in [3.05, 3.63) is 27.8 Å². The second-order valence-corrected chi connectivity index (χ2v) is 4.82. The molecule has 1 aromatic carbocycles. The number of nitrogens with one attached hydrogen (secondary N) is 1. The molecule has 132 valence electrons. The van der Waals surface area contributed by atoms with Gasteiger partial charge in [-0.2, -0.15) is 0 Å². The highest BCUT2D eigenvalue weighted by atomic mass is 16.6. The molecule has 0 spiro atoms. The quantitative estimate of drug-likeness (QED) is 0.434. The molecule has 0 unspecified atom stereocenters. The summed E-state index contributed by atoms with van der Waals surface area (Å²) in [6.07, 6.45) is -0.357. The van der Waals surface area contributed by atoms with Crippen molar-refractivity contribution >= 4 is 17.6 Å². The summed E-state index contributed by atoms with van der Waals surface area (Å²) in [5.74, 6) is -1.23. The van der Waals surface area contributed by atoms with Crippen molar-refractivity contribution in [2.45, 2.75) is 26.4 Å². The summed E-state index contributed by atoms with van der Waals surface area (Å²) in [4.78, 5) is 34.4. The Kier molecular flexibility index (Phi) is 6.97. The Balaban J connectivity index is 3.08. The second kappa shape index (κ2) is 8.70. The lowest BCUT2D eigenvalue weighted by atomic mass is 10.1. The van der Waals surface area contributed by atoms with Crippen LogP contribution in [-0.2, 0) is 9.53 Å². The van der Waals surface area contributed by atoms with E-state index in [4.69, 9.17) is 14.2 Å². The average Bonchev–Trinajstić information content (AvgIpc) is 2.57. The highest BCUT2D eigenvalue weighted by Gasteiger charge is 2.28. The zero-order valence-corrected chi connectivity index (χ0v) is 14.0. The Bertz CT molecular complexity index is 630. The van der Waals surface area contributed by atoms with Crippen molar-refractivity contribution in [3.8, 4) is 11.5 Å². The van der Waals surface area contributed by atoms with Crippen LogP contribution in [-0.4, -0.2) is 43.7 Å². The van der Waals surface area contributed by atoms with Gasteiger partial charge in [0.1, 0.15) is 5.56 Å². The Morgan fingerprint density at radius 2 is 1.83 bits per heavy atom. The zero-order valence-electron chi connectivity index (χ0n) is 14.0. The lowest BCUT2D eigenvalue weighted by molar-refractivity contribution is -0.385. The van der Waals surface area contributed by atoms with Crippen LogP contribution in [0.15, 0.2) is 12.1 Å². The van der Waals surface area contributed by atoms with Crippen molar-refractivity contribution in [3.63, 3.8) is 0 Å². The number of nitro benzene ring substituents is 1. The predicted octanol–water partition coefficient (Wildman–Crippen LogP) is 1.68. The fourth-order valence-electron chi connectivity index (χ4n) is 1.85. The molecule has 0 aliphatic carbocycles. The maximum absolute atomic E-state index is 12.2. The van der Waals surface area contributed by atoms with Gasteiger partial charge in [0, 0.05) is 12.6 Å². The standard InChI is InChI=1S/C15H20N2O7/c1-5-6-16-14(18)9(2)24-15(19)10-7-12(22-3)13(23-4)8-11(10)17(20)21/h7-9H,5-6H2,1-4H3,(H,16,18)/t9-/m0/s1. The van der Waals surface area contributed by atoms with Crippen LogP contribution in [0.2, 0.25) is 0 Å². The lowest BCUT2D eigenvalue weighted by Crippen LogP contribution is -2.36. The van der Waals surface area contributed by atoms with Crippen molar-refractivity contribution in [2.24, 2.45) is 0 Å². The minimum absolute atomic E-state index is 0.106. The third kappa shape index (κ3) is 4.58. The third-order valence-electron chi connectivity index (χ3n) is 3.12. The number of ether oxygens (including phenoxy) is 3. The lowest BCUT2D eigenvalue weighted by Gasteiger charge is -2.14. The highest BCUT2D eigenvalue weighted by Crippen LogP contribution is 2.34. The van der Waals surface area contributed by atoms with Crippen LogP contribution in [0.1, 0.15) is 30.6 Å². The van der Waals surface area contributed by atoms with Crippen molar-refractivity contribution in [1.29, 1.82) is 0 Å². The van der Waals surface area contributed by atoms with Crippen molar-refractivity contribution in [1.82, 2.24) is 5.32 Å². The molecule has 0 aromatic heterocycles. The summed E-state index contributed by atoms with van der Waals surface area (Å²) in [7, 11) is 2.65. The summed E-state index contributed by atoms with van der Waals surface area (Å²) < 4.78 is 15.0. The summed E-state index contributed by atoms with van der Waals surface area (Å²) in [6.45, 7) is 3.71. The number of amides is 1. The molecule has 1 aromatic rings. The number of hydrogen-bond donors (Lipinski definition) is 1. The number of hydrogen-bond acceptors (Lipinski definition) is 7. The number of benzene rings is 1. The first-order valence-corrected chi connectivity index (χ1v) is 7.24. The maximum Gasteiger partial charge on any atom is 0.346 e. The van der Waals surface area contributed by atoms with Gasteiger partial charge in [0.05, 0.1) is 25.2 Å². The molecular formula is C15H20N2O7. The van der Waals surface area contributed by atoms with Gasteiger partial charge in [0.25, 0.3) is 11.6 Å². The average molecular weight is 340 g/mol. The predicted molar refractivity (Wildman–Crippen MR) is 84.4 cm³/mol. The topological polar surface area (TPSA) is 117 Å². The van der Waals surface area contributed by atoms with Crippen LogP contribution < -0.4 is 14.8 Å². The maximum atomic E-state index is 12.2. The molecule has 0 saturated carbocycles. The molecule has 1 amide bonds. The molecule has 9 nitrogen and oxygen atoms in total. The third-order valence-corrected chi connectivity index (χ3v) is 3.12. The van der Waals surface area contributed by atoms with Gasteiger partial charge in [-0.1, -0.05) is 6.92 Å². The SMILES string of the molecule is CCCNC(=O)[C@H](C)OC(=O)c1cc(OC)c(OC)cc1[N+](=O)[O-]. The van der Waals surface area contributed by atoms with Gasteiger partial charge in [-0.05, 0) is 13.3 Å². The van der Waals surface area contributed by atoms with Crippen LogP contribution in [0.4, 0.5) is 5.69 Å². The second-order valence-electron chi connectivity index (χ2n) is 4.82. The van der Waals surface area contributed by atoms with Gasteiger partial charge < -0.3 is 19.5 Å².